The Labute approximate surface area is 153 Å². The van der Waals surface area contributed by atoms with Crippen LogP contribution in [0.15, 0.2) is 30.3 Å². The van der Waals surface area contributed by atoms with E-state index < -0.39 is 10.0 Å². The molecule has 0 aliphatic carbocycles. The van der Waals surface area contributed by atoms with Crippen molar-refractivity contribution in [3.63, 3.8) is 0 Å². The Morgan fingerprint density at radius 3 is 2.60 bits per heavy atom. The number of hydrogen-bond donors (Lipinski definition) is 0. The summed E-state index contributed by atoms with van der Waals surface area (Å²) in [5.74, 6) is 0.507. The van der Waals surface area contributed by atoms with Gasteiger partial charge in [0.2, 0.25) is 10.0 Å². The van der Waals surface area contributed by atoms with Crippen molar-refractivity contribution >= 4 is 10.0 Å². The topological polar surface area (TPSA) is 40.6 Å². The fourth-order valence-electron chi connectivity index (χ4n) is 4.41. The standard InChI is InChI=1S/C20H32N2O2S/c1-17(2)25(23,24)22-15-12-20-19(16-22)11-7-14-21(20)13-6-10-18-8-4-3-5-9-18/h3-5,8-9,17,19-20H,6-7,10-16H2,1-2H3/t19-,20-/m1/s1. The zero-order valence-corrected chi connectivity index (χ0v) is 16.4. The van der Waals surface area contributed by atoms with E-state index in [1.54, 1.807) is 18.2 Å². The van der Waals surface area contributed by atoms with Gasteiger partial charge in [-0.2, -0.15) is 0 Å². The summed E-state index contributed by atoms with van der Waals surface area (Å²) >= 11 is 0. The van der Waals surface area contributed by atoms with Crippen LogP contribution in [0.2, 0.25) is 0 Å². The summed E-state index contributed by atoms with van der Waals surface area (Å²) in [6.45, 7) is 7.30. The molecule has 4 nitrogen and oxygen atoms in total. The smallest absolute Gasteiger partial charge is 0.216 e. The Bertz CT molecular complexity index is 645. The molecule has 0 amide bonds. The number of likely N-dealkylation sites (tertiary alicyclic amines) is 1. The molecule has 0 bridgehead atoms. The van der Waals surface area contributed by atoms with Gasteiger partial charge in [0.15, 0.2) is 0 Å². The molecule has 140 valence electrons. The number of aryl methyl sites for hydroxylation is 1. The predicted molar refractivity (Wildman–Crippen MR) is 103 cm³/mol. The van der Waals surface area contributed by atoms with Gasteiger partial charge in [-0.3, -0.25) is 0 Å². The molecule has 0 spiro atoms. The van der Waals surface area contributed by atoms with E-state index in [4.69, 9.17) is 0 Å². The van der Waals surface area contributed by atoms with Crippen LogP contribution in [0.3, 0.4) is 0 Å². The monoisotopic (exact) mass is 364 g/mol. The molecule has 0 radical (unpaired) electrons. The van der Waals surface area contributed by atoms with E-state index in [0.29, 0.717) is 18.5 Å². The minimum atomic E-state index is -3.11. The number of fused-ring (bicyclic) bond motifs is 1. The molecule has 2 aliphatic heterocycles. The molecule has 0 saturated carbocycles. The second-order valence-corrected chi connectivity index (χ2v) is 10.3. The molecule has 5 heteroatoms. The third-order valence-corrected chi connectivity index (χ3v) is 8.10. The highest BCUT2D eigenvalue weighted by Gasteiger charge is 2.39. The summed E-state index contributed by atoms with van der Waals surface area (Å²) in [7, 11) is -3.11. The number of hydrogen-bond acceptors (Lipinski definition) is 3. The van der Waals surface area contributed by atoms with Crippen LogP contribution in [0.5, 0.6) is 0 Å². The largest absolute Gasteiger partial charge is 0.300 e. The van der Waals surface area contributed by atoms with E-state index >= 15 is 0 Å². The maximum Gasteiger partial charge on any atom is 0.216 e. The van der Waals surface area contributed by atoms with Gasteiger partial charge in [-0.05, 0) is 70.5 Å². The molecule has 3 rings (SSSR count). The number of piperidine rings is 2. The van der Waals surface area contributed by atoms with Crippen LogP contribution in [-0.4, -0.2) is 55.1 Å². The molecule has 2 saturated heterocycles. The van der Waals surface area contributed by atoms with Crippen LogP contribution >= 0.6 is 0 Å². The summed E-state index contributed by atoms with van der Waals surface area (Å²) in [4.78, 5) is 2.64. The van der Waals surface area contributed by atoms with Crippen molar-refractivity contribution in [1.29, 1.82) is 0 Å². The van der Waals surface area contributed by atoms with Crippen LogP contribution in [0.1, 0.15) is 45.1 Å². The molecule has 0 aromatic heterocycles. The van der Waals surface area contributed by atoms with Gasteiger partial charge in [0.05, 0.1) is 5.25 Å². The van der Waals surface area contributed by atoms with Crippen molar-refractivity contribution in [3.8, 4) is 0 Å². The van der Waals surface area contributed by atoms with Gasteiger partial charge in [-0.25, -0.2) is 12.7 Å². The molecule has 2 fully saturated rings. The first-order valence-corrected chi connectivity index (χ1v) is 11.3. The molecule has 2 heterocycles. The van der Waals surface area contributed by atoms with Gasteiger partial charge in [0, 0.05) is 19.1 Å². The van der Waals surface area contributed by atoms with Crippen molar-refractivity contribution in [2.45, 2.75) is 57.2 Å². The minimum absolute atomic E-state index is 0.311. The van der Waals surface area contributed by atoms with Crippen molar-refractivity contribution in [2.75, 3.05) is 26.2 Å². The van der Waals surface area contributed by atoms with Crippen molar-refractivity contribution < 1.29 is 8.42 Å². The van der Waals surface area contributed by atoms with Gasteiger partial charge in [0.25, 0.3) is 0 Å². The molecule has 0 unspecified atom stereocenters. The van der Waals surface area contributed by atoms with Crippen molar-refractivity contribution in [2.24, 2.45) is 5.92 Å². The van der Waals surface area contributed by atoms with Crippen LogP contribution in [0, 0.1) is 5.92 Å². The number of nitrogens with zero attached hydrogens (tertiary/aromatic N) is 2. The van der Waals surface area contributed by atoms with Gasteiger partial charge >= 0.3 is 0 Å². The zero-order chi connectivity index (χ0) is 17.9. The lowest BCUT2D eigenvalue weighted by Crippen LogP contribution is -2.56. The van der Waals surface area contributed by atoms with Crippen LogP contribution in [0.4, 0.5) is 0 Å². The second kappa shape index (κ2) is 8.19. The number of rotatable bonds is 6. The summed E-state index contributed by atoms with van der Waals surface area (Å²) in [5.41, 5.74) is 1.41. The quantitative estimate of drug-likeness (QED) is 0.779. The van der Waals surface area contributed by atoms with Crippen LogP contribution < -0.4 is 0 Å². The van der Waals surface area contributed by atoms with Crippen molar-refractivity contribution in [3.05, 3.63) is 35.9 Å². The predicted octanol–water partition coefficient (Wildman–Crippen LogP) is 3.14. The lowest BCUT2D eigenvalue weighted by atomic mass is 9.84. The van der Waals surface area contributed by atoms with E-state index in [2.05, 4.69) is 35.2 Å². The summed E-state index contributed by atoms with van der Waals surface area (Å²) < 4.78 is 26.7. The third kappa shape index (κ3) is 4.44. The summed E-state index contributed by atoms with van der Waals surface area (Å²) in [6.07, 6.45) is 5.66. The molecule has 2 aliphatic rings. The minimum Gasteiger partial charge on any atom is -0.300 e. The van der Waals surface area contributed by atoms with E-state index in [9.17, 15) is 8.42 Å². The first kappa shape index (κ1) is 18.9. The molecule has 2 atom stereocenters. The average Bonchev–Trinajstić information content (AvgIpc) is 2.62. The Balaban J connectivity index is 1.55. The van der Waals surface area contributed by atoms with Crippen LogP contribution in [-0.2, 0) is 16.4 Å². The van der Waals surface area contributed by atoms with E-state index in [1.807, 2.05) is 0 Å². The molecule has 1 aromatic rings. The normalized spacial score (nSPS) is 25.9. The van der Waals surface area contributed by atoms with Gasteiger partial charge in [-0.15, -0.1) is 0 Å². The first-order chi connectivity index (χ1) is 12.0. The van der Waals surface area contributed by atoms with Crippen molar-refractivity contribution in [1.82, 2.24) is 9.21 Å². The maximum atomic E-state index is 12.5. The summed E-state index contributed by atoms with van der Waals surface area (Å²) in [6, 6.07) is 11.3. The number of sulfonamides is 1. The molecule has 0 N–H and O–H groups in total. The summed E-state index contributed by atoms with van der Waals surface area (Å²) in [5, 5.41) is -0.311. The Morgan fingerprint density at radius 1 is 1.12 bits per heavy atom. The highest BCUT2D eigenvalue weighted by molar-refractivity contribution is 7.89. The van der Waals surface area contributed by atoms with Crippen LogP contribution in [0.25, 0.3) is 0 Å². The molecular formula is C20H32N2O2S. The highest BCUT2D eigenvalue weighted by Crippen LogP contribution is 2.32. The van der Waals surface area contributed by atoms with Gasteiger partial charge in [-0.1, -0.05) is 30.3 Å². The molecular weight excluding hydrogens is 332 g/mol. The first-order valence-electron chi connectivity index (χ1n) is 9.75. The van der Waals surface area contributed by atoms with E-state index in [0.717, 1.165) is 25.9 Å². The Hall–Kier alpha value is -0.910. The average molecular weight is 365 g/mol. The highest BCUT2D eigenvalue weighted by atomic mass is 32.2. The fraction of sp³-hybridized carbons (Fsp3) is 0.700. The Kier molecular flexibility index (Phi) is 6.18. The fourth-order valence-corrected chi connectivity index (χ4v) is 5.77. The SMILES string of the molecule is CC(C)S(=O)(=O)N1CC[C@@H]2[C@H](CCCN2CCCc2ccccc2)C1. The third-order valence-electron chi connectivity index (χ3n) is 5.86. The zero-order valence-electron chi connectivity index (χ0n) is 15.6. The molecule has 1 aromatic carbocycles. The molecule has 25 heavy (non-hydrogen) atoms. The number of benzene rings is 1. The lowest BCUT2D eigenvalue weighted by Gasteiger charge is -2.47. The Morgan fingerprint density at radius 2 is 1.88 bits per heavy atom. The second-order valence-electron chi connectivity index (χ2n) is 7.84. The maximum absolute atomic E-state index is 12.5. The van der Waals surface area contributed by atoms with Gasteiger partial charge in [0.1, 0.15) is 0 Å². The van der Waals surface area contributed by atoms with E-state index in [-0.39, 0.29) is 5.25 Å². The van der Waals surface area contributed by atoms with Gasteiger partial charge < -0.3 is 4.90 Å². The van der Waals surface area contributed by atoms with E-state index in [1.165, 1.54) is 31.4 Å². The lowest BCUT2D eigenvalue weighted by molar-refractivity contribution is 0.0463.